The molecule has 2 heterocycles. The number of ether oxygens (including phenoxy) is 1. The number of hydrogen-bond donors (Lipinski definition) is 2. The summed E-state index contributed by atoms with van der Waals surface area (Å²) >= 11 is 0. The lowest BCUT2D eigenvalue weighted by Gasteiger charge is -2.21. The van der Waals surface area contributed by atoms with Crippen LogP contribution in [0.1, 0.15) is 19.4 Å². The number of hydrogen-bond acceptors (Lipinski definition) is 4. The van der Waals surface area contributed by atoms with E-state index in [2.05, 4.69) is 0 Å². The minimum Gasteiger partial charge on any atom is -0.487 e. The molecule has 1 atom stereocenters. The van der Waals surface area contributed by atoms with Crippen molar-refractivity contribution in [3.8, 4) is 5.75 Å². The lowest BCUT2D eigenvalue weighted by atomic mass is 10.0. The number of fused-ring (bicyclic) bond motifs is 1. The molecule has 0 aromatic heterocycles. The molecule has 20 heavy (non-hydrogen) atoms. The minimum atomic E-state index is -3.11. The Labute approximate surface area is 116 Å². The van der Waals surface area contributed by atoms with Crippen molar-refractivity contribution < 1.29 is 18.6 Å². The third-order valence-corrected chi connectivity index (χ3v) is 3.84. The molecule has 0 radical (unpaired) electrons. The van der Waals surface area contributed by atoms with Crippen LogP contribution >= 0.6 is 0 Å². The zero-order chi connectivity index (χ0) is 14.7. The van der Waals surface area contributed by atoms with Crippen molar-refractivity contribution in [2.75, 3.05) is 23.7 Å². The number of β-amino-alcohol motifs (C(OH)–C–C–N with tert-alkyl or cyclic N) is 1. The van der Waals surface area contributed by atoms with Crippen LogP contribution in [0.2, 0.25) is 0 Å². The maximum atomic E-state index is 13.4. The van der Waals surface area contributed by atoms with Gasteiger partial charge < -0.3 is 20.5 Å². The van der Waals surface area contributed by atoms with E-state index < -0.39 is 18.6 Å². The average molecular weight is 284 g/mol. The predicted molar refractivity (Wildman–Crippen MR) is 72.4 cm³/mol. The van der Waals surface area contributed by atoms with Gasteiger partial charge in [-0.1, -0.05) is 0 Å². The van der Waals surface area contributed by atoms with E-state index in [1.165, 1.54) is 4.90 Å². The molecule has 1 aromatic rings. The van der Waals surface area contributed by atoms with Gasteiger partial charge in [0.15, 0.2) is 0 Å². The van der Waals surface area contributed by atoms with Crippen LogP contribution in [0, 0.1) is 0 Å². The van der Waals surface area contributed by atoms with E-state index in [1.807, 2.05) is 13.8 Å². The number of halogens is 2. The van der Waals surface area contributed by atoms with E-state index in [9.17, 15) is 13.9 Å². The Kier molecular flexibility index (Phi) is 2.67. The van der Waals surface area contributed by atoms with Crippen molar-refractivity contribution in [2.24, 2.45) is 0 Å². The molecule has 0 amide bonds. The molecule has 1 aromatic carbocycles. The minimum absolute atomic E-state index is 0.126. The van der Waals surface area contributed by atoms with Crippen LogP contribution in [0.25, 0.3) is 0 Å². The van der Waals surface area contributed by atoms with E-state index in [4.69, 9.17) is 10.5 Å². The quantitative estimate of drug-likeness (QED) is 0.772. The van der Waals surface area contributed by atoms with Gasteiger partial charge in [-0.15, -0.1) is 0 Å². The largest absolute Gasteiger partial charge is 0.487 e. The summed E-state index contributed by atoms with van der Waals surface area (Å²) in [6, 6.07) is 3.48. The summed E-state index contributed by atoms with van der Waals surface area (Å²) in [5, 5.41) is 9.39. The number of nitrogens with two attached hydrogens (primary N) is 1. The monoisotopic (exact) mass is 284 g/mol. The number of anilines is 2. The molecule has 3 N–H and O–H groups in total. The van der Waals surface area contributed by atoms with Crippen LogP contribution in [0.3, 0.4) is 0 Å². The Morgan fingerprint density at radius 2 is 2.10 bits per heavy atom. The van der Waals surface area contributed by atoms with Crippen LogP contribution < -0.4 is 15.4 Å². The Morgan fingerprint density at radius 3 is 2.70 bits per heavy atom. The van der Waals surface area contributed by atoms with Crippen LogP contribution in [0.5, 0.6) is 5.75 Å². The summed E-state index contributed by atoms with van der Waals surface area (Å²) < 4.78 is 32.7. The second-order valence-corrected chi connectivity index (χ2v) is 6.21. The Balaban J connectivity index is 1.94. The van der Waals surface area contributed by atoms with Gasteiger partial charge in [-0.2, -0.15) is 0 Å². The van der Waals surface area contributed by atoms with Crippen LogP contribution in [-0.4, -0.2) is 35.8 Å². The standard InChI is InChI=1S/C14H18F2N2O2/c1-13(2)5-8-3-9(17)10(4-11(8)20-13)18-6-12(19)14(15,16)7-18/h3-4,12,19H,5-7,17H2,1-2H3. The molecule has 2 aliphatic rings. The molecule has 2 aliphatic heterocycles. The molecule has 1 unspecified atom stereocenters. The maximum Gasteiger partial charge on any atom is 0.292 e. The molecule has 0 saturated carbocycles. The summed E-state index contributed by atoms with van der Waals surface area (Å²) in [6.07, 6.45) is -0.918. The Hall–Kier alpha value is -1.56. The molecule has 0 aliphatic carbocycles. The normalized spacial score (nSPS) is 26.4. The summed E-state index contributed by atoms with van der Waals surface area (Å²) in [5.41, 5.74) is 7.59. The molecular weight excluding hydrogens is 266 g/mol. The van der Waals surface area contributed by atoms with Gasteiger partial charge in [0.05, 0.1) is 24.5 Å². The van der Waals surface area contributed by atoms with Gasteiger partial charge >= 0.3 is 0 Å². The Morgan fingerprint density at radius 1 is 1.40 bits per heavy atom. The molecule has 6 heteroatoms. The predicted octanol–water partition coefficient (Wildman–Crippen LogP) is 1.80. The van der Waals surface area contributed by atoms with E-state index >= 15 is 0 Å². The van der Waals surface area contributed by atoms with E-state index in [-0.39, 0.29) is 12.1 Å². The van der Waals surface area contributed by atoms with Gasteiger partial charge in [0.1, 0.15) is 17.5 Å². The third kappa shape index (κ3) is 2.08. The topological polar surface area (TPSA) is 58.7 Å². The first-order chi connectivity index (χ1) is 9.18. The van der Waals surface area contributed by atoms with E-state index in [1.54, 1.807) is 12.1 Å². The van der Waals surface area contributed by atoms with Crippen molar-refractivity contribution in [3.63, 3.8) is 0 Å². The van der Waals surface area contributed by atoms with Gasteiger partial charge in [0.25, 0.3) is 5.92 Å². The van der Waals surface area contributed by atoms with Crippen molar-refractivity contribution in [3.05, 3.63) is 17.7 Å². The van der Waals surface area contributed by atoms with Gasteiger partial charge in [0, 0.05) is 18.1 Å². The first-order valence-corrected chi connectivity index (χ1v) is 6.60. The van der Waals surface area contributed by atoms with Crippen molar-refractivity contribution in [1.29, 1.82) is 0 Å². The lowest BCUT2D eigenvalue weighted by molar-refractivity contribution is -0.0712. The smallest absolute Gasteiger partial charge is 0.292 e. The number of nitrogen functional groups attached to an aromatic ring is 1. The van der Waals surface area contributed by atoms with Crippen LogP contribution in [0.15, 0.2) is 12.1 Å². The molecule has 110 valence electrons. The molecular formula is C14H18F2N2O2. The van der Waals surface area contributed by atoms with Crippen molar-refractivity contribution >= 4 is 11.4 Å². The summed E-state index contributed by atoms with van der Waals surface area (Å²) in [4.78, 5) is 1.41. The van der Waals surface area contributed by atoms with Crippen LogP contribution in [0.4, 0.5) is 20.2 Å². The number of nitrogens with zero attached hydrogens (tertiary/aromatic N) is 1. The molecule has 0 bridgehead atoms. The highest BCUT2D eigenvalue weighted by Crippen LogP contribution is 2.42. The fourth-order valence-electron chi connectivity index (χ4n) is 2.88. The van der Waals surface area contributed by atoms with E-state index in [0.717, 1.165) is 12.0 Å². The SMILES string of the molecule is CC1(C)Cc2cc(N)c(N3CC(O)C(F)(F)C3)cc2O1. The zero-order valence-electron chi connectivity index (χ0n) is 11.5. The maximum absolute atomic E-state index is 13.4. The van der Waals surface area contributed by atoms with Crippen molar-refractivity contribution in [1.82, 2.24) is 0 Å². The van der Waals surface area contributed by atoms with Crippen molar-refractivity contribution in [2.45, 2.75) is 37.9 Å². The number of aliphatic hydroxyl groups excluding tert-OH is 1. The summed E-state index contributed by atoms with van der Waals surface area (Å²) in [5.74, 6) is -2.42. The van der Waals surface area contributed by atoms with Gasteiger partial charge in [-0.05, 0) is 19.9 Å². The third-order valence-electron chi connectivity index (χ3n) is 3.84. The van der Waals surface area contributed by atoms with Gasteiger partial charge in [-0.25, -0.2) is 8.78 Å². The highest BCUT2D eigenvalue weighted by molar-refractivity contribution is 5.73. The first-order valence-electron chi connectivity index (χ1n) is 6.60. The highest BCUT2D eigenvalue weighted by Gasteiger charge is 2.48. The molecule has 1 fully saturated rings. The Bertz CT molecular complexity index is 560. The number of alkyl halides is 2. The fraction of sp³-hybridized carbons (Fsp3) is 0.571. The van der Waals surface area contributed by atoms with Crippen LogP contribution in [-0.2, 0) is 6.42 Å². The second-order valence-electron chi connectivity index (χ2n) is 6.21. The molecule has 1 saturated heterocycles. The number of benzene rings is 1. The highest BCUT2D eigenvalue weighted by atomic mass is 19.3. The van der Waals surface area contributed by atoms with Gasteiger partial charge in [-0.3, -0.25) is 0 Å². The average Bonchev–Trinajstić information content (AvgIpc) is 2.72. The number of rotatable bonds is 1. The molecule has 4 nitrogen and oxygen atoms in total. The summed E-state index contributed by atoms with van der Waals surface area (Å²) in [7, 11) is 0. The number of aliphatic hydroxyl groups is 1. The zero-order valence-corrected chi connectivity index (χ0v) is 11.5. The van der Waals surface area contributed by atoms with E-state index in [0.29, 0.717) is 17.1 Å². The van der Waals surface area contributed by atoms with Gasteiger partial charge in [0.2, 0.25) is 0 Å². The first kappa shape index (κ1) is 13.4. The lowest BCUT2D eigenvalue weighted by Crippen LogP contribution is -2.31. The second kappa shape index (κ2) is 3.97. The summed E-state index contributed by atoms with van der Waals surface area (Å²) in [6.45, 7) is 3.28. The molecule has 3 rings (SSSR count). The molecule has 0 spiro atoms. The fourth-order valence-corrected chi connectivity index (χ4v) is 2.88.